The zero-order valence-electron chi connectivity index (χ0n) is 19.5. The van der Waals surface area contributed by atoms with Crippen LogP contribution in [0.2, 0.25) is 0 Å². The van der Waals surface area contributed by atoms with E-state index >= 15 is 0 Å². The molecule has 0 aliphatic carbocycles. The Morgan fingerprint density at radius 3 is 2.45 bits per heavy atom. The highest BCUT2D eigenvalue weighted by Crippen LogP contribution is 2.24. The lowest BCUT2D eigenvalue weighted by Gasteiger charge is -2.32. The fraction of sp³-hybridized carbons (Fsp3) is 0.417. The van der Waals surface area contributed by atoms with Gasteiger partial charge in [0, 0.05) is 44.5 Å². The molecule has 176 valence electrons. The summed E-state index contributed by atoms with van der Waals surface area (Å²) in [5.74, 6) is -2.40. The van der Waals surface area contributed by atoms with Crippen LogP contribution >= 0.6 is 0 Å². The molecule has 0 unspecified atom stereocenters. The van der Waals surface area contributed by atoms with Gasteiger partial charge in [0.25, 0.3) is 17.6 Å². The lowest BCUT2D eigenvalue weighted by Crippen LogP contribution is -2.50. The third kappa shape index (κ3) is 4.97. The molecule has 1 fully saturated rings. The van der Waals surface area contributed by atoms with Crippen LogP contribution in [0.4, 0.5) is 10.1 Å². The third-order valence-electron chi connectivity index (χ3n) is 6.20. The predicted octanol–water partition coefficient (Wildman–Crippen LogP) is 2.65. The highest BCUT2D eigenvalue weighted by Gasteiger charge is 2.31. The summed E-state index contributed by atoms with van der Waals surface area (Å²) in [6, 6.07) is 3.95. The van der Waals surface area contributed by atoms with Crippen LogP contribution in [0.5, 0.6) is 0 Å². The molecule has 3 amide bonds. The van der Waals surface area contributed by atoms with Gasteiger partial charge in [-0.3, -0.25) is 19.2 Å². The molecule has 2 heterocycles. The number of piperidine rings is 1. The molecule has 2 N–H and O–H groups in total. The number of ketones is 1. The topological polar surface area (TPSA) is 101 Å². The summed E-state index contributed by atoms with van der Waals surface area (Å²) in [7, 11) is 1.62. The number of aryl methyl sites for hydroxylation is 1. The van der Waals surface area contributed by atoms with Gasteiger partial charge in [-0.2, -0.15) is 0 Å². The van der Waals surface area contributed by atoms with Crippen molar-refractivity contribution in [3.8, 4) is 0 Å². The normalized spacial score (nSPS) is 15.8. The van der Waals surface area contributed by atoms with E-state index in [1.54, 1.807) is 32.7 Å². The molecule has 1 aliphatic rings. The van der Waals surface area contributed by atoms with Gasteiger partial charge < -0.3 is 20.1 Å². The van der Waals surface area contributed by atoms with E-state index in [4.69, 9.17) is 0 Å². The maximum Gasteiger partial charge on any atom is 0.294 e. The molecule has 0 radical (unpaired) electrons. The van der Waals surface area contributed by atoms with Crippen molar-refractivity contribution in [2.75, 3.05) is 18.4 Å². The molecule has 9 heteroatoms. The van der Waals surface area contributed by atoms with Gasteiger partial charge in [0.15, 0.2) is 0 Å². The Morgan fingerprint density at radius 2 is 1.82 bits per heavy atom. The number of anilines is 1. The van der Waals surface area contributed by atoms with Crippen molar-refractivity contribution in [2.24, 2.45) is 7.05 Å². The number of carbonyl (C=O) groups is 4. The van der Waals surface area contributed by atoms with E-state index in [1.165, 1.54) is 29.7 Å². The van der Waals surface area contributed by atoms with Gasteiger partial charge in [-0.05, 0) is 62.9 Å². The number of hydrogen-bond donors (Lipinski definition) is 2. The number of rotatable bonds is 5. The maximum absolute atomic E-state index is 13.5. The average molecular weight is 457 g/mol. The molecule has 8 nitrogen and oxygen atoms in total. The second kappa shape index (κ2) is 9.56. The average Bonchev–Trinajstić information content (AvgIpc) is 2.98. The van der Waals surface area contributed by atoms with Crippen molar-refractivity contribution in [1.82, 2.24) is 14.8 Å². The predicted molar refractivity (Wildman–Crippen MR) is 122 cm³/mol. The summed E-state index contributed by atoms with van der Waals surface area (Å²) in [5.41, 5.74) is 2.16. The Morgan fingerprint density at radius 1 is 1.12 bits per heavy atom. The molecular weight excluding hydrogens is 427 g/mol. The number of carbonyl (C=O) groups excluding carboxylic acids is 4. The SMILES string of the molecule is CC(=O)N1CCC[C@H](NC(=O)C(=O)c2c(C)c(C(=O)Nc3ccc(F)c(C)c3)c(C)n2C)C1. The molecule has 0 saturated carbocycles. The van der Waals surface area contributed by atoms with Crippen molar-refractivity contribution in [3.63, 3.8) is 0 Å². The first-order chi connectivity index (χ1) is 15.5. The maximum atomic E-state index is 13.5. The van der Waals surface area contributed by atoms with E-state index < -0.39 is 17.6 Å². The third-order valence-corrected chi connectivity index (χ3v) is 6.20. The highest BCUT2D eigenvalue weighted by atomic mass is 19.1. The molecule has 1 saturated heterocycles. The van der Waals surface area contributed by atoms with Gasteiger partial charge in [0.1, 0.15) is 5.82 Å². The summed E-state index contributed by atoms with van der Waals surface area (Å²) in [4.78, 5) is 52.0. The Bertz CT molecular complexity index is 1140. The van der Waals surface area contributed by atoms with E-state index in [1.807, 2.05) is 0 Å². The van der Waals surface area contributed by atoms with Crippen LogP contribution in [0.3, 0.4) is 0 Å². The molecule has 0 spiro atoms. The number of Topliss-reactive ketones (excluding diaryl/α,β-unsaturated/α-hetero) is 1. The monoisotopic (exact) mass is 456 g/mol. The summed E-state index contributed by atoms with van der Waals surface area (Å²) in [6.07, 6.45) is 1.42. The molecule has 1 aromatic heterocycles. The minimum absolute atomic E-state index is 0.0684. The molecule has 33 heavy (non-hydrogen) atoms. The molecular formula is C24H29FN4O4. The van der Waals surface area contributed by atoms with Gasteiger partial charge in [-0.15, -0.1) is 0 Å². The summed E-state index contributed by atoms with van der Waals surface area (Å²) < 4.78 is 15.1. The molecule has 1 aliphatic heterocycles. The van der Waals surface area contributed by atoms with Crippen LogP contribution in [0.1, 0.15) is 57.4 Å². The van der Waals surface area contributed by atoms with Gasteiger partial charge in [0.05, 0.1) is 11.3 Å². The van der Waals surface area contributed by atoms with Crippen molar-refractivity contribution in [3.05, 3.63) is 52.1 Å². The quantitative estimate of drug-likeness (QED) is 0.534. The smallest absolute Gasteiger partial charge is 0.294 e. The zero-order valence-corrected chi connectivity index (χ0v) is 19.5. The van der Waals surface area contributed by atoms with Crippen LogP contribution in [-0.2, 0) is 16.6 Å². The second-order valence-electron chi connectivity index (χ2n) is 8.52. The van der Waals surface area contributed by atoms with Crippen LogP contribution in [0.15, 0.2) is 18.2 Å². The lowest BCUT2D eigenvalue weighted by molar-refractivity contribution is -0.131. The molecule has 1 aromatic carbocycles. The van der Waals surface area contributed by atoms with E-state index in [9.17, 15) is 23.6 Å². The van der Waals surface area contributed by atoms with E-state index in [2.05, 4.69) is 10.6 Å². The summed E-state index contributed by atoms with van der Waals surface area (Å²) in [6.45, 7) is 7.39. The number of likely N-dealkylation sites (tertiary alicyclic amines) is 1. The largest absolute Gasteiger partial charge is 0.345 e. The summed E-state index contributed by atoms with van der Waals surface area (Å²) >= 11 is 0. The fourth-order valence-electron chi connectivity index (χ4n) is 4.29. The Balaban J connectivity index is 1.79. The second-order valence-corrected chi connectivity index (χ2v) is 8.52. The van der Waals surface area contributed by atoms with Gasteiger partial charge in [-0.25, -0.2) is 4.39 Å². The van der Waals surface area contributed by atoms with Crippen LogP contribution in [0, 0.1) is 26.6 Å². The summed E-state index contributed by atoms with van der Waals surface area (Å²) in [5, 5.41) is 5.46. The van der Waals surface area contributed by atoms with Crippen molar-refractivity contribution >= 4 is 29.2 Å². The van der Waals surface area contributed by atoms with Crippen molar-refractivity contribution in [2.45, 2.75) is 46.6 Å². The number of nitrogens with one attached hydrogen (secondary N) is 2. The first kappa shape index (κ1) is 24.2. The van der Waals surface area contributed by atoms with E-state index in [0.29, 0.717) is 42.0 Å². The molecule has 3 rings (SSSR count). The Labute approximate surface area is 192 Å². The van der Waals surface area contributed by atoms with Gasteiger partial charge >= 0.3 is 0 Å². The number of nitrogens with zero attached hydrogens (tertiary/aromatic N) is 2. The lowest BCUT2D eigenvalue weighted by atomic mass is 10.0. The standard InChI is InChI=1S/C24H29FN4O4/c1-13-11-17(8-9-19(13)25)26-23(32)20-14(2)21(28(5)15(20)3)22(31)24(33)27-18-7-6-10-29(12-18)16(4)30/h8-9,11,18H,6-7,10,12H2,1-5H3,(H,26,32)(H,27,33)/t18-/m0/s1. The number of hydrogen-bond acceptors (Lipinski definition) is 4. The molecule has 1 atom stereocenters. The van der Waals surface area contributed by atoms with Crippen LogP contribution < -0.4 is 10.6 Å². The minimum Gasteiger partial charge on any atom is -0.345 e. The minimum atomic E-state index is -0.768. The highest BCUT2D eigenvalue weighted by molar-refractivity contribution is 6.43. The van der Waals surface area contributed by atoms with Crippen molar-refractivity contribution in [1.29, 1.82) is 0 Å². The Kier molecular flexibility index (Phi) is 7.00. The molecule has 2 aromatic rings. The first-order valence-electron chi connectivity index (χ1n) is 10.8. The first-order valence-corrected chi connectivity index (χ1v) is 10.8. The van der Waals surface area contributed by atoms with Gasteiger partial charge in [-0.1, -0.05) is 0 Å². The zero-order chi connectivity index (χ0) is 24.4. The van der Waals surface area contributed by atoms with Gasteiger partial charge in [0.2, 0.25) is 5.91 Å². The molecule has 0 bridgehead atoms. The van der Waals surface area contributed by atoms with E-state index in [0.717, 1.165) is 6.42 Å². The van der Waals surface area contributed by atoms with Crippen molar-refractivity contribution < 1.29 is 23.6 Å². The fourth-order valence-corrected chi connectivity index (χ4v) is 4.29. The van der Waals surface area contributed by atoms with E-state index in [-0.39, 0.29) is 29.0 Å². The van der Waals surface area contributed by atoms with Crippen LogP contribution in [-0.4, -0.2) is 52.1 Å². The number of amides is 3. The van der Waals surface area contributed by atoms with Crippen LogP contribution in [0.25, 0.3) is 0 Å². The number of benzene rings is 1. The number of halogens is 1. The Hall–Kier alpha value is -3.49. The number of aromatic nitrogens is 1.